The van der Waals surface area contributed by atoms with Gasteiger partial charge in [0.15, 0.2) is 12.4 Å². The number of carbonyl (C=O) groups is 2. The first-order valence-corrected chi connectivity index (χ1v) is 6.09. The molecule has 2 rings (SSSR count). The largest absolute Gasteiger partial charge is 0.456 e. The average molecular weight is 325 g/mol. The summed E-state index contributed by atoms with van der Waals surface area (Å²) in [7, 11) is 0. The molecule has 1 aromatic heterocycles. The van der Waals surface area contributed by atoms with Gasteiger partial charge in [-0.3, -0.25) is 9.59 Å². The van der Waals surface area contributed by atoms with Gasteiger partial charge in [0, 0.05) is 10.0 Å². The molecule has 0 bridgehead atoms. The monoisotopic (exact) mass is 324 g/mol. The van der Waals surface area contributed by atoms with E-state index in [0.29, 0.717) is 5.56 Å². The molecule has 0 unspecified atom stereocenters. The summed E-state index contributed by atoms with van der Waals surface area (Å²) in [5.74, 6) is -0.838. The van der Waals surface area contributed by atoms with Crippen molar-refractivity contribution in [3.8, 4) is 0 Å². The van der Waals surface area contributed by atoms with Crippen molar-refractivity contribution in [1.82, 2.24) is 20.2 Å². The SMILES string of the molecule is O=C(Cn1cnnn1)OCC(=O)c1ccc(Br)cc1. The van der Waals surface area contributed by atoms with Gasteiger partial charge in [0.05, 0.1) is 0 Å². The molecule has 0 radical (unpaired) electrons. The van der Waals surface area contributed by atoms with Crippen LogP contribution >= 0.6 is 15.9 Å². The van der Waals surface area contributed by atoms with Crippen molar-refractivity contribution in [3.05, 3.63) is 40.6 Å². The number of tetrazole rings is 1. The van der Waals surface area contributed by atoms with Crippen LogP contribution in [0.3, 0.4) is 0 Å². The maximum atomic E-state index is 11.7. The van der Waals surface area contributed by atoms with Crippen LogP contribution in [0, 0.1) is 0 Å². The molecule has 8 heteroatoms. The smallest absolute Gasteiger partial charge is 0.328 e. The van der Waals surface area contributed by atoms with E-state index < -0.39 is 5.97 Å². The molecule has 0 spiro atoms. The van der Waals surface area contributed by atoms with Crippen molar-refractivity contribution in [3.63, 3.8) is 0 Å². The molecule has 0 amide bonds. The fourth-order valence-electron chi connectivity index (χ4n) is 1.30. The van der Waals surface area contributed by atoms with Crippen LogP contribution in [-0.4, -0.2) is 38.6 Å². The minimum Gasteiger partial charge on any atom is -0.456 e. The number of rotatable bonds is 5. The third kappa shape index (κ3) is 3.95. The van der Waals surface area contributed by atoms with Gasteiger partial charge in [-0.05, 0) is 22.6 Å². The van der Waals surface area contributed by atoms with Gasteiger partial charge in [-0.15, -0.1) is 5.10 Å². The quantitative estimate of drug-likeness (QED) is 0.599. The summed E-state index contributed by atoms with van der Waals surface area (Å²) < 4.78 is 6.93. The molecule has 1 heterocycles. The van der Waals surface area contributed by atoms with Crippen molar-refractivity contribution in [2.45, 2.75) is 6.54 Å². The Bertz CT molecular complexity index is 568. The second-order valence-corrected chi connectivity index (χ2v) is 4.51. The van der Waals surface area contributed by atoms with Gasteiger partial charge in [-0.25, -0.2) is 4.68 Å². The molecule has 7 nitrogen and oxygen atoms in total. The molecule has 0 N–H and O–H groups in total. The van der Waals surface area contributed by atoms with Gasteiger partial charge in [-0.1, -0.05) is 28.1 Å². The number of ether oxygens (including phenoxy) is 1. The predicted octanol–water partition coefficient (Wildman–Crippen LogP) is 0.862. The van der Waals surface area contributed by atoms with Crippen LogP contribution in [0.2, 0.25) is 0 Å². The Morgan fingerprint density at radius 3 is 2.63 bits per heavy atom. The Labute approximate surface area is 116 Å². The van der Waals surface area contributed by atoms with E-state index in [1.807, 2.05) is 0 Å². The highest BCUT2D eigenvalue weighted by Crippen LogP contribution is 2.11. The van der Waals surface area contributed by atoms with E-state index in [1.54, 1.807) is 24.3 Å². The van der Waals surface area contributed by atoms with Crippen LogP contribution in [0.4, 0.5) is 0 Å². The van der Waals surface area contributed by atoms with Gasteiger partial charge in [0.2, 0.25) is 0 Å². The summed E-state index contributed by atoms with van der Waals surface area (Å²) in [5, 5.41) is 10.3. The minimum absolute atomic E-state index is 0.124. The number of hydrogen-bond donors (Lipinski definition) is 0. The van der Waals surface area contributed by atoms with Crippen LogP contribution < -0.4 is 0 Å². The lowest BCUT2D eigenvalue weighted by molar-refractivity contribution is -0.143. The van der Waals surface area contributed by atoms with Crippen molar-refractivity contribution in [1.29, 1.82) is 0 Å². The first-order valence-electron chi connectivity index (χ1n) is 5.30. The van der Waals surface area contributed by atoms with Crippen molar-refractivity contribution >= 4 is 27.7 Å². The third-order valence-corrected chi connectivity index (χ3v) is 2.74. The van der Waals surface area contributed by atoms with Gasteiger partial charge in [0.1, 0.15) is 12.9 Å². The molecular weight excluding hydrogens is 316 g/mol. The van der Waals surface area contributed by atoms with E-state index in [9.17, 15) is 9.59 Å². The van der Waals surface area contributed by atoms with Crippen LogP contribution in [0.25, 0.3) is 0 Å². The van der Waals surface area contributed by atoms with Gasteiger partial charge >= 0.3 is 5.97 Å². The van der Waals surface area contributed by atoms with E-state index in [0.717, 1.165) is 4.47 Å². The predicted molar refractivity (Wildman–Crippen MR) is 67.2 cm³/mol. The van der Waals surface area contributed by atoms with Crippen LogP contribution in [0.5, 0.6) is 0 Å². The van der Waals surface area contributed by atoms with Crippen molar-refractivity contribution in [2.75, 3.05) is 6.61 Å². The van der Waals surface area contributed by atoms with Crippen LogP contribution in [-0.2, 0) is 16.1 Å². The summed E-state index contributed by atoms with van der Waals surface area (Å²) >= 11 is 3.27. The van der Waals surface area contributed by atoms with Gasteiger partial charge in [-0.2, -0.15) is 0 Å². The van der Waals surface area contributed by atoms with E-state index in [4.69, 9.17) is 4.74 Å². The van der Waals surface area contributed by atoms with E-state index >= 15 is 0 Å². The number of esters is 1. The second kappa shape index (κ2) is 6.19. The lowest BCUT2D eigenvalue weighted by Gasteiger charge is -2.04. The molecule has 0 aliphatic heterocycles. The maximum Gasteiger partial charge on any atom is 0.328 e. The summed E-state index contributed by atoms with van der Waals surface area (Å²) in [6, 6.07) is 6.80. The standard InChI is InChI=1S/C11H9BrN4O3/c12-9-3-1-8(2-4-9)10(17)6-19-11(18)5-16-7-13-14-15-16/h1-4,7H,5-6H2. The van der Waals surface area contributed by atoms with E-state index in [2.05, 4.69) is 31.5 Å². The first kappa shape index (κ1) is 13.3. The topological polar surface area (TPSA) is 87.0 Å². The fraction of sp³-hybridized carbons (Fsp3) is 0.182. The highest BCUT2D eigenvalue weighted by Gasteiger charge is 2.10. The van der Waals surface area contributed by atoms with Crippen molar-refractivity contribution in [2.24, 2.45) is 0 Å². The minimum atomic E-state index is -0.572. The average Bonchev–Trinajstić information content (AvgIpc) is 2.89. The Kier molecular flexibility index (Phi) is 4.35. The molecule has 0 atom stereocenters. The van der Waals surface area contributed by atoms with Crippen molar-refractivity contribution < 1.29 is 14.3 Å². The molecule has 2 aromatic rings. The Morgan fingerprint density at radius 2 is 2.00 bits per heavy atom. The maximum absolute atomic E-state index is 11.7. The molecule has 1 aromatic carbocycles. The molecular formula is C11H9BrN4O3. The number of carbonyl (C=O) groups excluding carboxylic acids is 2. The van der Waals surface area contributed by atoms with Crippen LogP contribution in [0.1, 0.15) is 10.4 Å². The zero-order valence-corrected chi connectivity index (χ0v) is 11.3. The molecule has 0 saturated carbocycles. The second-order valence-electron chi connectivity index (χ2n) is 3.60. The van der Waals surface area contributed by atoms with E-state index in [1.165, 1.54) is 11.0 Å². The molecule has 98 valence electrons. The Hall–Kier alpha value is -2.09. The lowest BCUT2D eigenvalue weighted by atomic mass is 10.1. The zero-order valence-electron chi connectivity index (χ0n) is 9.69. The summed E-state index contributed by atoms with van der Waals surface area (Å²) in [4.78, 5) is 23.1. The number of ketones is 1. The zero-order chi connectivity index (χ0) is 13.7. The summed E-state index contributed by atoms with van der Waals surface area (Å²) in [6.07, 6.45) is 1.29. The third-order valence-electron chi connectivity index (χ3n) is 2.21. The normalized spacial score (nSPS) is 10.2. The molecule has 0 aliphatic carbocycles. The lowest BCUT2D eigenvalue weighted by Crippen LogP contribution is -2.18. The number of aromatic nitrogens is 4. The molecule has 19 heavy (non-hydrogen) atoms. The number of benzene rings is 1. The highest BCUT2D eigenvalue weighted by atomic mass is 79.9. The Balaban J connectivity index is 1.83. The Morgan fingerprint density at radius 1 is 1.26 bits per heavy atom. The first-order chi connectivity index (χ1) is 9.15. The number of Topliss-reactive ketones (excluding diaryl/α,β-unsaturated/α-hetero) is 1. The summed E-state index contributed by atoms with van der Waals surface area (Å²) in [6.45, 7) is -0.427. The fourth-order valence-corrected chi connectivity index (χ4v) is 1.56. The highest BCUT2D eigenvalue weighted by molar-refractivity contribution is 9.10. The molecule has 0 saturated heterocycles. The number of halogens is 1. The number of hydrogen-bond acceptors (Lipinski definition) is 6. The molecule has 0 fully saturated rings. The van der Waals surface area contributed by atoms with Gasteiger partial charge < -0.3 is 4.74 Å². The molecule has 0 aliphatic rings. The summed E-state index contributed by atoms with van der Waals surface area (Å²) in [5.41, 5.74) is 0.485. The number of nitrogens with zero attached hydrogens (tertiary/aromatic N) is 4. The van der Waals surface area contributed by atoms with E-state index in [-0.39, 0.29) is 18.9 Å². The van der Waals surface area contributed by atoms with Crippen LogP contribution in [0.15, 0.2) is 35.1 Å². The van der Waals surface area contributed by atoms with Gasteiger partial charge in [0.25, 0.3) is 0 Å².